The summed E-state index contributed by atoms with van der Waals surface area (Å²) in [6, 6.07) is 7.96. The number of hydrogen-bond donors (Lipinski definition) is 0. The molecule has 0 saturated heterocycles. The summed E-state index contributed by atoms with van der Waals surface area (Å²) in [5.41, 5.74) is 1.32. The molecule has 0 spiro atoms. The number of unbranched alkanes of at least 4 members (excludes halogenated alkanes) is 7. The first-order valence-electron chi connectivity index (χ1n) is 11.1. The molecule has 2 atom stereocenters. The quantitative estimate of drug-likeness (QED) is 0.136. The number of benzene rings is 1. The molecule has 0 amide bonds. The van der Waals surface area contributed by atoms with Gasteiger partial charge in [-0.05, 0) is 42.9 Å². The zero-order valence-electron chi connectivity index (χ0n) is 18.1. The molecule has 0 radical (unpaired) electrons. The topological polar surface area (TPSA) is 35.5 Å². The first-order chi connectivity index (χ1) is 13.2. The van der Waals surface area contributed by atoms with E-state index in [1.807, 2.05) is 12.1 Å². The van der Waals surface area contributed by atoms with Crippen LogP contribution in [-0.4, -0.2) is 6.61 Å². The monoisotopic (exact) mass is 451 g/mol. The fourth-order valence-corrected chi connectivity index (χ4v) is 3.86. The maximum Gasteiger partial charge on any atom is 2.00 e. The molecular weight excluding hydrogens is 411 g/mol. The van der Waals surface area contributed by atoms with Crippen LogP contribution in [0.5, 0.6) is 5.75 Å². The van der Waals surface area contributed by atoms with Crippen molar-refractivity contribution in [2.45, 2.75) is 97.8 Å². The van der Waals surface area contributed by atoms with Crippen molar-refractivity contribution in [1.82, 2.24) is 0 Å². The molecule has 1 aromatic rings. The van der Waals surface area contributed by atoms with Gasteiger partial charge in [-0.3, -0.25) is 0 Å². The fourth-order valence-electron chi connectivity index (χ4n) is 3.18. The summed E-state index contributed by atoms with van der Waals surface area (Å²) in [6.45, 7) is 7.11. The first kappa shape index (κ1) is 27.6. The van der Waals surface area contributed by atoms with Gasteiger partial charge in [0.2, 0.25) is 0 Å². The Morgan fingerprint density at radius 3 is 2.07 bits per heavy atom. The number of aryl methyl sites for hydroxylation is 1. The maximum atomic E-state index is 12.0. The molecule has 5 heteroatoms. The van der Waals surface area contributed by atoms with Crippen molar-refractivity contribution in [3.8, 4) is 5.75 Å². The SMILES string of the molecule is CCCCCCCCCc1ccc(O[P+](=O)OCC(CC)CCCC)cc1.[Fe+2]. The average Bonchev–Trinajstić information content (AvgIpc) is 2.68. The minimum absolute atomic E-state index is 0. The molecule has 0 aliphatic heterocycles. The smallest absolute Gasteiger partial charge is 0.229 e. The molecule has 0 bridgehead atoms. The first-order valence-corrected chi connectivity index (χ1v) is 12.2. The van der Waals surface area contributed by atoms with Crippen LogP contribution in [-0.2, 0) is 32.6 Å². The van der Waals surface area contributed by atoms with Gasteiger partial charge in [0.05, 0.1) is 0 Å². The van der Waals surface area contributed by atoms with E-state index in [1.54, 1.807) is 0 Å². The van der Waals surface area contributed by atoms with Crippen molar-refractivity contribution in [3.05, 3.63) is 29.8 Å². The Morgan fingerprint density at radius 1 is 0.857 bits per heavy atom. The third kappa shape index (κ3) is 13.7. The van der Waals surface area contributed by atoms with E-state index < -0.39 is 8.25 Å². The molecule has 3 nitrogen and oxygen atoms in total. The molecule has 0 N–H and O–H groups in total. The van der Waals surface area contributed by atoms with Crippen molar-refractivity contribution in [2.24, 2.45) is 5.92 Å². The average molecular weight is 451 g/mol. The summed E-state index contributed by atoms with van der Waals surface area (Å²) in [7, 11) is -2.09. The van der Waals surface area contributed by atoms with E-state index in [-0.39, 0.29) is 17.1 Å². The van der Waals surface area contributed by atoms with E-state index in [9.17, 15) is 4.57 Å². The second-order valence-electron chi connectivity index (χ2n) is 7.54. The van der Waals surface area contributed by atoms with Crippen LogP contribution in [0.2, 0.25) is 0 Å². The maximum absolute atomic E-state index is 12.0. The second kappa shape index (κ2) is 18.6. The molecule has 0 heterocycles. The molecule has 0 aliphatic rings. The van der Waals surface area contributed by atoms with Gasteiger partial charge in [-0.2, -0.15) is 0 Å². The minimum atomic E-state index is -2.09. The Morgan fingerprint density at radius 2 is 1.46 bits per heavy atom. The Labute approximate surface area is 184 Å². The van der Waals surface area contributed by atoms with Gasteiger partial charge >= 0.3 is 25.3 Å². The second-order valence-corrected chi connectivity index (χ2v) is 8.43. The van der Waals surface area contributed by atoms with Crippen molar-refractivity contribution < 1.29 is 30.7 Å². The molecule has 2 unspecified atom stereocenters. The molecule has 0 saturated carbocycles. The van der Waals surface area contributed by atoms with Gasteiger partial charge in [0, 0.05) is 4.57 Å². The summed E-state index contributed by atoms with van der Waals surface area (Å²) in [4.78, 5) is 0. The van der Waals surface area contributed by atoms with Crippen molar-refractivity contribution in [3.63, 3.8) is 0 Å². The Hall–Kier alpha value is -0.401. The van der Waals surface area contributed by atoms with Crippen LogP contribution in [0, 0.1) is 5.92 Å². The van der Waals surface area contributed by atoms with E-state index >= 15 is 0 Å². The molecule has 1 aromatic carbocycles. The van der Waals surface area contributed by atoms with Gasteiger partial charge in [0.1, 0.15) is 6.61 Å². The van der Waals surface area contributed by atoms with Gasteiger partial charge in [-0.1, -0.05) is 90.7 Å². The minimum Gasteiger partial charge on any atom is -0.229 e. The van der Waals surface area contributed by atoms with E-state index in [0.29, 0.717) is 18.3 Å². The molecule has 160 valence electrons. The van der Waals surface area contributed by atoms with E-state index in [1.165, 1.54) is 63.4 Å². The summed E-state index contributed by atoms with van der Waals surface area (Å²) in [5, 5.41) is 0. The van der Waals surface area contributed by atoms with E-state index in [2.05, 4.69) is 32.9 Å². The van der Waals surface area contributed by atoms with Crippen molar-refractivity contribution >= 4 is 8.25 Å². The van der Waals surface area contributed by atoms with E-state index in [0.717, 1.165) is 19.3 Å². The van der Waals surface area contributed by atoms with Crippen LogP contribution >= 0.6 is 8.25 Å². The normalized spacial score (nSPS) is 12.3. The zero-order chi connectivity index (χ0) is 19.7. The fraction of sp³-hybridized carbons (Fsp3) is 0.739. The zero-order valence-corrected chi connectivity index (χ0v) is 20.1. The van der Waals surface area contributed by atoms with Crippen molar-refractivity contribution in [2.75, 3.05) is 6.61 Å². The largest absolute Gasteiger partial charge is 2.00 e. The Kier molecular flexibility index (Phi) is 18.4. The molecule has 0 aliphatic carbocycles. The van der Waals surface area contributed by atoms with E-state index in [4.69, 9.17) is 9.05 Å². The summed E-state index contributed by atoms with van der Waals surface area (Å²) < 4.78 is 22.9. The van der Waals surface area contributed by atoms with Crippen LogP contribution in [0.15, 0.2) is 24.3 Å². The molecule has 1 rings (SSSR count). The van der Waals surface area contributed by atoms with Crippen LogP contribution in [0.3, 0.4) is 0 Å². The number of rotatable bonds is 17. The van der Waals surface area contributed by atoms with Crippen LogP contribution in [0.4, 0.5) is 0 Å². The molecule has 0 aromatic heterocycles. The molecule has 0 fully saturated rings. The predicted molar refractivity (Wildman–Crippen MR) is 116 cm³/mol. The third-order valence-electron chi connectivity index (χ3n) is 5.13. The third-order valence-corrected chi connectivity index (χ3v) is 5.85. The standard InChI is InChI=1S/C23H40O3P.Fe/c1-4-7-9-10-11-12-13-15-22-16-18-23(19-17-22)26-27(24)25-20-21(6-3)14-8-5-2;/h16-19,21H,4-15,20H2,1-3H3;/q+1;+2. The Bertz CT molecular complexity index is 493. The summed E-state index contributed by atoms with van der Waals surface area (Å²) >= 11 is 0. The van der Waals surface area contributed by atoms with Gasteiger partial charge in [0.25, 0.3) is 0 Å². The van der Waals surface area contributed by atoms with Crippen LogP contribution in [0.25, 0.3) is 0 Å². The van der Waals surface area contributed by atoms with Crippen LogP contribution < -0.4 is 4.52 Å². The van der Waals surface area contributed by atoms with Gasteiger partial charge in [-0.25, -0.2) is 4.52 Å². The predicted octanol–water partition coefficient (Wildman–Crippen LogP) is 8.25. The van der Waals surface area contributed by atoms with Gasteiger partial charge in [0.15, 0.2) is 5.75 Å². The van der Waals surface area contributed by atoms with Gasteiger partial charge in [-0.15, -0.1) is 4.52 Å². The van der Waals surface area contributed by atoms with Gasteiger partial charge < -0.3 is 0 Å². The summed E-state index contributed by atoms with van der Waals surface area (Å²) in [6.07, 6.45) is 15.0. The summed E-state index contributed by atoms with van der Waals surface area (Å²) in [5.74, 6) is 1.10. The Balaban J connectivity index is 0.00000729. The van der Waals surface area contributed by atoms with Crippen molar-refractivity contribution in [1.29, 1.82) is 0 Å². The molecular formula is C23H40FeO3P+3. The number of hydrogen-bond acceptors (Lipinski definition) is 3. The molecule has 28 heavy (non-hydrogen) atoms. The van der Waals surface area contributed by atoms with Crippen LogP contribution in [0.1, 0.15) is 97.0 Å².